The van der Waals surface area contributed by atoms with Gasteiger partial charge in [0.15, 0.2) is 11.6 Å². The van der Waals surface area contributed by atoms with Gasteiger partial charge >= 0.3 is 0 Å². The second kappa shape index (κ2) is 12.1. The van der Waals surface area contributed by atoms with Crippen molar-refractivity contribution in [2.24, 2.45) is 5.92 Å². The van der Waals surface area contributed by atoms with Gasteiger partial charge in [-0.25, -0.2) is 17.5 Å². The number of allylic oxidation sites excluding steroid dienone is 1. The predicted octanol–water partition coefficient (Wildman–Crippen LogP) is 6.48. The van der Waals surface area contributed by atoms with Crippen molar-refractivity contribution in [1.29, 1.82) is 0 Å². The van der Waals surface area contributed by atoms with Gasteiger partial charge in [0.25, 0.3) is 0 Å². The first-order valence-corrected chi connectivity index (χ1v) is 13.9. The summed E-state index contributed by atoms with van der Waals surface area (Å²) < 4.78 is 43.6. The van der Waals surface area contributed by atoms with E-state index in [1.807, 2.05) is 6.92 Å². The molecule has 39 heavy (non-hydrogen) atoms. The molecule has 2 atom stereocenters. The summed E-state index contributed by atoms with van der Waals surface area (Å²) in [5, 5.41) is 0. The largest absolute Gasteiger partial charge is 0.294 e. The van der Waals surface area contributed by atoms with Crippen molar-refractivity contribution >= 4 is 21.6 Å². The van der Waals surface area contributed by atoms with Crippen molar-refractivity contribution in [1.82, 2.24) is 4.72 Å². The molecule has 0 aliphatic rings. The highest BCUT2D eigenvalue weighted by molar-refractivity contribution is 7.89. The van der Waals surface area contributed by atoms with Gasteiger partial charge in [-0.3, -0.25) is 9.59 Å². The quantitative estimate of drug-likeness (QED) is 0.174. The van der Waals surface area contributed by atoms with Gasteiger partial charge in [-0.1, -0.05) is 97.1 Å². The lowest BCUT2D eigenvalue weighted by Gasteiger charge is -2.28. The van der Waals surface area contributed by atoms with E-state index in [0.29, 0.717) is 16.7 Å². The van der Waals surface area contributed by atoms with Gasteiger partial charge in [0.1, 0.15) is 5.82 Å². The molecule has 0 aliphatic heterocycles. The number of nitrogens with one attached hydrogen (secondary N) is 1. The highest BCUT2D eigenvalue weighted by Crippen LogP contribution is 2.33. The van der Waals surface area contributed by atoms with Crippen LogP contribution in [0.2, 0.25) is 0 Å². The van der Waals surface area contributed by atoms with Crippen LogP contribution in [0.1, 0.15) is 44.3 Å². The summed E-state index contributed by atoms with van der Waals surface area (Å²) in [4.78, 5) is 27.1. The van der Waals surface area contributed by atoms with Gasteiger partial charge < -0.3 is 0 Å². The molecule has 0 fully saturated rings. The maximum Gasteiger partial charge on any atom is 0.241 e. The number of halogens is 1. The first-order valence-electron chi connectivity index (χ1n) is 12.4. The number of aryl methyl sites for hydroxylation is 1. The van der Waals surface area contributed by atoms with Gasteiger partial charge in [-0.15, -0.1) is 0 Å². The molecule has 0 aliphatic carbocycles. The van der Waals surface area contributed by atoms with E-state index < -0.39 is 27.8 Å². The van der Waals surface area contributed by atoms with Crippen LogP contribution in [0, 0.1) is 18.7 Å². The number of hydrogen-bond donors (Lipinski definition) is 1. The summed E-state index contributed by atoms with van der Waals surface area (Å²) in [7, 11) is -4.11. The Morgan fingerprint density at radius 3 is 1.90 bits per heavy atom. The topological polar surface area (TPSA) is 80.3 Å². The van der Waals surface area contributed by atoms with Gasteiger partial charge in [0, 0.05) is 17.0 Å². The van der Waals surface area contributed by atoms with Crippen molar-refractivity contribution in [3.63, 3.8) is 0 Å². The minimum absolute atomic E-state index is 0.0188. The number of carbonyl (C=O) groups excluding carboxylic acids is 2. The van der Waals surface area contributed by atoms with E-state index in [-0.39, 0.29) is 28.5 Å². The van der Waals surface area contributed by atoms with Crippen molar-refractivity contribution in [2.45, 2.75) is 24.3 Å². The number of benzene rings is 4. The van der Waals surface area contributed by atoms with E-state index in [1.54, 1.807) is 72.8 Å². The van der Waals surface area contributed by atoms with E-state index in [0.717, 1.165) is 5.56 Å². The molecule has 4 aromatic carbocycles. The zero-order chi connectivity index (χ0) is 28.0. The average molecular weight is 542 g/mol. The number of hydrogen-bond acceptors (Lipinski definition) is 4. The Balaban J connectivity index is 1.79. The summed E-state index contributed by atoms with van der Waals surface area (Å²) in [5.74, 6) is -2.29. The molecule has 4 rings (SSSR count). The molecule has 4 aromatic rings. The lowest BCUT2D eigenvalue weighted by atomic mass is 9.81. The van der Waals surface area contributed by atoms with Gasteiger partial charge in [0.05, 0.1) is 10.9 Å². The summed E-state index contributed by atoms with van der Waals surface area (Å²) in [6.45, 7) is 5.80. The van der Waals surface area contributed by atoms with E-state index >= 15 is 0 Å². The minimum atomic E-state index is -4.11. The van der Waals surface area contributed by atoms with Crippen LogP contribution in [0.5, 0.6) is 0 Å². The standard InChI is InChI=1S/C32H28FNO4S/c1-22-13-19-28(20-14-22)39(37,38)34-30(24-15-17-27(33)18-16-24)29(32(36)26-11-7-4-8-12-26)21-23(2)31(35)25-9-5-3-6-10-25/h3-20,29-30,34H,2,21H2,1H3/t29-,30+/m0/s1. The molecule has 0 unspecified atom stereocenters. The van der Waals surface area contributed by atoms with Crippen molar-refractivity contribution < 1.29 is 22.4 Å². The number of rotatable bonds is 11. The van der Waals surface area contributed by atoms with Crippen molar-refractivity contribution in [3.05, 3.63) is 149 Å². The molecule has 0 bridgehead atoms. The Hall–Kier alpha value is -4.20. The Morgan fingerprint density at radius 2 is 1.33 bits per heavy atom. The maximum atomic E-state index is 13.9. The molecular formula is C32H28FNO4S. The molecule has 5 nitrogen and oxygen atoms in total. The van der Waals surface area contributed by atoms with Crippen LogP contribution in [0.3, 0.4) is 0 Å². The van der Waals surface area contributed by atoms with Crippen molar-refractivity contribution in [3.8, 4) is 0 Å². The van der Waals surface area contributed by atoms with Crippen LogP contribution in [0.25, 0.3) is 0 Å². The monoisotopic (exact) mass is 541 g/mol. The Bertz CT molecular complexity index is 1570. The number of carbonyl (C=O) groups is 2. The van der Waals surface area contributed by atoms with Gasteiger partial charge in [-0.05, 0) is 48.7 Å². The molecule has 0 saturated heterocycles. The lowest BCUT2D eigenvalue weighted by Crippen LogP contribution is -2.37. The molecule has 0 spiro atoms. The van der Waals surface area contributed by atoms with E-state index in [1.165, 1.54) is 36.4 Å². The molecule has 1 N–H and O–H groups in total. The number of sulfonamides is 1. The summed E-state index contributed by atoms with van der Waals surface area (Å²) in [6, 6.07) is 27.4. The Kier molecular flexibility index (Phi) is 8.64. The second-order valence-corrected chi connectivity index (χ2v) is 11.0. The summed E-state index contributed by atoms with van der Waals surface area (Å²) in [5.41, 5.74) is 2.17. The predicted molar refractivity (Wildman–Crippen MR) is 149 cm³/mol. The van der Waals surface area contributed by atoms with Gasteiger partial charge in [-0.2, -0.15) is 0 Å². The minimum Gasteiger partial charge on any atom is -0.294 e. The maximum absolute atomic E-state index is 13.9. The average Bonchev–Trinajstić information content (AvgIpc) is 2.95. The second-order valence-electron chi connectivity index (χ2n) is 9.30. The molecule has 0 radical (unpaired) electrons. The Morgan fingerprint density at radius 1 is 0.795 bits per heavy atom. The molecular weight excluding hydrogens is 513 g/mol. The third kappa shape index (κ3) is 6.82. The molecule has 7 heteroatoms. The first kappa shape index (κ1) is 27.8. The molecule has 0 aromatic heterocycles. The van der Waals surface area contributed by atoms with E-state index in [2.05, 4.69) is 11.3 Å². The zero-order valence-corrected chi connectivity index (χ0v) is 22.2. The SMILES string of the molecule is C=C(C[C@H](C(=O)c1ccccc1)[C@H](NS(=O)(=O)c1ccc(C)cc1)c1ccc(F)cc1)C(=O)c1ccccc1. The smallest absolute Gasteiger partial charge is 0.241 e. The molecule has 0 heterocycles. The fourth-order valence-corrected chi connectivity index (χ4v) is 5.60. The molecule has 0 amide bonds. The molecule has 0 saturated carbocycles. The Labute approximate surface area is 228 Å². The van der Waals surface area contributed by atoms with Crippen LogP contribution in [0.4, 0.5) is 4.39 Å². The number of ketones is 2. The molecule has 198 valence electrons. The normalized spacial score (nSPS) is 12.9. The van der Waals surface area contributed by atoms with Crippen LogP contribution < -0.4 is 4.72 Å². The summed E-state index contributed by atoms with van der Waals surface area (Å²) >= 11 is 0. The fourth-order valence-electron chi connectivity index (χ4n) is 4.34. The van der Waals surface area contributed by atoms with E-state index in [9.17, 15) is 22.4 Å². The number of Topliss-reactive ketones (excluding diaryl/α,β-unsaturated/α-hetero) is 2. The highest BCUT2D eigenvalue weighted by Gasteiger charge is 2.35. The first-order chi connectivity index (χ1) is 18.7. The summed E-state index contributed by atoms with van der Waals surface area (Å²) in [6.07, 6.45) is -0.125. The van der Waals surface area contributed by atoms with Crippen molar-refractivity contribution in [2.75, 3.05) is 0 Å². The third-order valence-electron chi connectivity index (χ3n) is 6.46. The van der Waals surface area contributed by atoms with E-state index in [4.69, 9.17) is 0 Å². The van der Waals surface area contributed by atoms with Gasteiger partial charge in [0.2, 0.25) is 10.0 Å². The lowest BCUT2D eigenvalue weighted by molar-refractivity contribution is 0.0891. The zero-order valence-electron chi connectivity index (χ0n) is 21.4. The highest BCUT2D eigenvalue weighted by atomic mass is 32.2. The van der Waals surface area contributed by atoms with Crippen LogP contribution in [-0.4, -0.2) is 20.0 Å². The van der Waals surface area contributed by atoms with Crippen LogP contribution in [0.15, 0.2) is 126 Å². The third-order valence-corrected chi connectivity index (χ3v) is 7.92. The van der Waals surface area contributed by atoms with Crippen LogP contribution in [-0.2, 0) is 10.0 Å². The van der Waals surface area contributed by atoms with Crippen LogP contribution >= 0.6 is 0 Å². The fraction of sp³-hybridized carbons (Fsp3) is 0.125.